The fourth-order valence-electron chi connectivity index (χ4n) is 1.37. The van der Waals surface area contributed by atoms with Gasteiger partial charge in [0.1, 0.15) is 12.4 Å². The summed E-state index contributed by atoms with van der Waals surface area (Å²) >= 11 is 5.89. The van der Waals surface area contributed by atoms with Crippen molar-refractivity contribution < 1.29 is 14.9 Å². The van der Waals surface area contributed by atoms with Crippen molar-refractivity contribution in [2.24, 2.45) is 5.92 Å². The van der Waals surface area contributed by atoms with Crippen LogP contribution in [-0.2, 0) is 0 Å². The molecule has 0 aliphatic heterocycles. The molecule has 2 atom stereocenters. The van der Waals surface area contributed by atoms with Gasteiger partial charge in [-0.25, -0.2) is 0 Å². The van der Waals surface area contributed by atoms with Gasteiger partial charge in [-0.2, -0.15) is 0 Å². The van der Waals surface area contributed by atoms with Crippen LogP contribution in [0.5, 0.6) is 5.75 Å². The molecule has 0 amide bonds. The van der Waals surface area contributed by atoms with E-state index < -0.39 is 11.7 Å². The molecule has 1 aromatic carbocycles. The second-order valence-corrected chi connectivity index (χ2v) is 5.60. The SMILES string of the molecule is CC(C)C(C)(O)COc1ccc(Cl)cc1[C@H](C)O. The second-order valence-electron chi connectivity index (χ2n) is 5.16. The van der Waals surface area contributed by atoms with Crippen LogP contribution < -0.4 is 4.74 Å². The van der Waals surface area contributed by atoms with E-state index in [4.69, 9.17) is 16.3 Å². The van der Waals surface area contributed by atoms with Crippen LogP contribution in [0, 0.1) is 5.92 Å². The van der Waals surface area contributed by atoms with Gasteiger partial charge in [0.2, 0.25) is 0 Å². The number of aliphatic hydroxyl groups excluding tert-OH is 1. The topological polar surface area (TPSA) is 49.7 Å². The standard InChI is InChI=1S/C14H21ClO3/c1-9(2)14(4,17)8-18-13-6-5-11(15)7-12(13)10(3)16/h5-7,9-10,16-17H,8H2,1-4H3/t10-,14?/m0/s1. The molecule has 0 aliphatic rings. The van der Waals surface area contributed by atoms with Crippen molar-refractivity contribution in [3.8, 4) is 5.75 Å². The molecule has 1 unspecified atom stereocenters. The van der Waals surface area contributed by atoms with Gasteiger partial charge in [-0.15, -0.1) is 0 Å². The van der Waals surface area contributed by atoms with Crippen LogP contribution in [0.1, 0.15) is 39.4 Å². The lowest BCUT2D eigenvalue weighted by molar-refractivity contribution is -0.0273. The van der Waals surface area contributed by atoms with Crippen LogP contribution in [0.3, 0.4) is 0 Å². The Morgan fingerprint density at radius 1 is 1.33 bits per heavy atom. The molecule has 0 aliphatic carbocycles. The molecular formula is C14H21ClO3. The average molecular weight is 273 g/mol. The third-order valence-corrected chi connectivity index (χ3v) is 3.42. The summed E-state index contributed by atoms with van der Waals surface area (Å²) in [5.74, 6) is 0.634. The minimum absolute atomic E-state index is 0.0831. The van der Waals surface area contributed by atoms with Crippen molar-refractivity contribution in [1.29, 1.82) is 0 Å². The Balaban J connectivity index is 2.85. The predicted molar refractivity (Wildman–Crippen MR) is 73.0 cm³/mol. The molecule has 4 heteroatoms. The maximum absolute atomic E-state index is 10.1. The van der Waals surface area contributed by atoms with E-state index in [0.717, 1.165) is 0 Å². The lowest BCUT2D eigenvalue weighted by atomic mass is 9.94. The van der Waals surface area contributed by atoms with Crippen LogP contribution in [-0.4, -0.2) is 22.4 Å². The van der Waals surface area contributed by atoms with Crippen molar-refractivity contribution in [1.82, 2.24) is 0 Å². The van der Waals surface area contributed by atoms with Gasteiger partial charge in [-0.3, -0.25) is 0 Å². The molecule has 0 heterocycles. The molecule has 18 heavy (non-hydrogen) atoms. The summed E-state index contributed by atoms with van der Waals surface area (Å²) in [4.78, 5) is 0. The molecule has 0 aromatic heterocycles. The first-order chi connectivity index (χ1) is 8.24. The number of halogens is 1. The Morgan fingerprint density at radius 3 is 2.44 bits per heavy atom. The Kier molecular flexibility index (Phi) is 5.02. The Labute approximate surface area is 113 Å². The average Bonchev–Trinajstić information content (AvgIpc) is 2.27. The maximum Gasteiger partial charge on any atom is 0.125 e. The molecule has 0 radical (unpaired) electrons. The summed E-state index contributed by atoms with van der Waals surface area (Å²) in [6.45, 7) is 7.42. The minimum Gasteiger partial charge on any atom is -0.490 e. The molecule has 0 fully saturated rings. The van der Waals surface area contributed by atoms with E-state index in [1.54, 1.807) is 32.0 Å². The highest BCUT2D eigenvalue weighted by Crippen LogP contribution is 2.29. The Morgan fingerprint density at radius 2 is 1.94 bits per heavy atom. The summed E-state index contributed by atoms with van der Waals surface area (Å²) in [6.07, 6.45) is -0.664. The van der Waals surface area contributed by atoms with Crippen molar-refractivity contribution >= 4 is 11.6 Å². The summed E-state index contributed by atoms with van der Waals surface area (Å²) in [5.41, 5.74) is -0.280. The number of aliphatic hydroxyl groups is 2. The van der Waals surface area contributed by atoms with Gasteiger partial charge >= 0.3 is 0 Å². The third kappa shape index (κ3) is 3.87. The Bertz CT molecular complexity index is 400. The molecule has 2 N–H and O–H groups in total. The molecule has 1 aromatic rings. The van der Waals surface area contributed by atoms with Crippen molar-refractivity contribution in [2.75, 3.05) is 6.61 Å². The molecular weight excluding hydrogens is 252 g/mol. The molecule has 0 saturated carbocycles. The Hall–Kier alpha value is -0.770. The van der Waals surface area contributed by atoms with Gasteiger partial charge < -0.3 is 14.9 Å². The lowest BCUT2D eigenvalue weighted by Gasteiger charge is -2.28. The zero-order valence-electron chi connectivity index (χ0n) is 11.3. The van der Waals surface area contributed by atoms with E-state index in [1.165, 1.54) is 0 Å². The quantitative estimate of drug-likeness (QED) is 0.866. The monoisotopic (exact) mass is 272 g/mol. The highest BCUT2D eigenvalue weighted by molar-refractivity contribution is 6.30. The van der Waals surface area contributed by atoms with Crippen molar-refractivity contribution in [3.63, 3.8) is 0 Å². The van der Waals surface area contributed by atoms with Gasteiger partial charge in [0, 0.05) is 10.6 Å². The maximum atomic E-state index is 10.1. The predicted octanol–water partition coefficient (Wildman–Crippen LogP) is 3.18. The first-order valence-electron chi connectivity index (χ1n) is 6.06. The highest BCUT2D eigenvalue weighted by Gasteiger charge is 2.26. The van der Waals surface area contributed by atoms with Gasteiger partial charge in [-0.1, -0.05) is 25.4 Å². The van der Waals surface area contributed by atoms with Crippen LogP contribution in [0.25, 0.3) is 0 Å². The highest BCUT2D eigenvalue weighted by atomic mass is 35.5. The van der Waals surface area contributed by atoms with Crippen LogP contribution in [0.4, 0.5) is 0 Å². The van der Waals surface area contributed by atoms with Crippen molar-refractivity contribution in [2.45, 2.75) is 39.4 Å². The summed E-state index contributed by atoms with van der Waals surface area (Å²) in [6, 6.07) is 5.08. The number of hydrogen-bond donors (Lipinski definition) is 2. The van der Waals surface area contributed by atoms with E-state index in [2.05, 4.69) is 0 Å². The van der Waals surface area contributed by atoms with E-state index in [0.29, 0.717) is 16.3 Å². The zero-order chi connectivity index (χ0) is 13.9. The molecule has 3 nitrogen and oxygen atoms in total. The van der Waals surface area contributed by atoms with Gasteiger partial charge in [-0.05, 0) is 38.0 Å². The largest absolute Gasteiger partial charge is 0.490 e. The lowest BCUT2D eigenvalue weighted by Crippen LogP contribution is -2.38. The van der Waals surface area contributed by atoms with Crippen molar-refractivity contribution in [3.05, 3.63) is 28.8 Å². The fourth-order valence-corrected chi connectivity index (χ4v) is 1.55. The van der Waals surface area contributed by atoms with E-state index >= 15 is 0 Å². The third-order valence-electron chi connectivity index (χ3n) is 3.19. The summed E-state index contributed by atoms with van der Waals surface area (Å²) in [5, 5.41) is 20.3. The normalized spacial score (nSPS) is 16.4. The molecule has 0 bridgehead atoms. The van der Waals surface area contributed by atoms with Gasteiger partial charge in [0.05, 0.1) is 11.7 Å². The number of ether oxygens (including phenoxy) is 1. The smallest absolute Gasteiger partial charge is 0.125 e. The molecule has 0 saturated heterocycles. The van der Waals surface area contributed by atoms with E-state index in [1.807, 2.05) is 13.8 Å². The summed E-state index contributed by atoms with van der Waals surface area (Å²) in [7, 11) is 0. The van der Waals surface area contributed by atoms with Gasteiger partial charge in [0.15, 0.2) is 0 Å². The second kappa shape index (κ2) is 5.91. The molecule has 0 spiro atoms. The van der Waals surface area contributed by atoms with Crippen LogP contribution >= 0.6 is 11.6 Å². The molecule has 102 valence electrons. The minimum atomic E-state index is -0.907. The number of hydrogen-bond acceptors (Lipinski definition) is 3. The van der Waals surface area contributed by atoms with E-state index in [-0.39, 0.29) is 12.5 Å². The van der Waals surface area contributed by atoms with Crippen LogP contribution in [0.2, 0.25) is 5.02 Å². The van der Waals surface area contributed by atoms with E-state index in [9.17, 15) is 10.2 Å². The zero-order valence-corrected chi connectivity index (χ0v) is 12.0. The number of benzene rings is 1. The molecule has 1 rings (SSSR count). The van der Waals surface area contributed by atoms with Crippen LogP contribution in [0.15, 0.2) is 18.2 Å². The number of rotatable bonds is 5. The fraction of sp³-hybridized carbons (Fsp3) is 0.571. The first-order valence-corrected chi connectivity index (χ1v) is 6.44. The summed E-state index contributed by atoms with van der Waals surface area (Å²) < 4.78 is 5.61. The van der Waals surface area contributed by atoms with Gasteiger partial charge in [0.25, 0.3) is 0 Å². The first kappa shape index (κ1) is 15.3.